The molecule has 0 spiro atoms. The fourth-order valence-electron chi connectivity index (χ4n) is 2.91. The van der Waals surface area contributed by atoms with Crippen LogP contribution >= 0.6 is 0 Å². The number of aryl methyl sites for hydroxylation is 2. The molecule has 1 aliphatic rings. The van der Waals surface area contributed by atoms with Gasteiger partial charge in [-0.1, -0.05) is 29.3 Å². The Balaban J connectivity index is 2.04. The highest BCUT2D eigenvalue weighted by atomic mass is 16.3. The first kappa shape index (κ1) is 14.1. The average Bonchev–Trinajstić information content (AvgIpc) is 2.74. The summed E-state index contributed by atoms with van der Waals surface area (Å²) in [4.78, 5) is 12.1. The first-order valence-electron chi connectivity index (χ1n) is 7.04. The van der Waals surface area contributed by atoms with Gasteiger partial charge in [0, 0.05) is 0 Å². The molecule has 0 heterocycles. The summed E-state index contributed by atoms with van der Waals surface area (Å²) in [6.45, 7) is 6.12. The molecule has 1 amide bonds. The van der Waals surface area contributed by atoms with Crippen LogP contribution in [0.1, 0.15) is 48.9 Å². The van der Waals surface area contributed by atoms with E-state index in [1.807, 2.05) is 6.92 Å². The second kappa shape index (κ2) is 5.74. The van der Waals surface area contributed by atoms with E-state index in [-0.39, 0.29) is 17.9 Å². The van der Waals surface area contributed by atoms with Gasteiger partial charge in [0.2, 0.25) is 5.91 Å². The zero-order valence-electron chi connectivity index (χ0n) is 11.9. The number of nitrogens with one attached hydrogen (secondary N) is 1. The summed E-state index contributed by atoms with van der Waals surface area (Å²) in [5.74, 6) is -0.245. The first-order chi connectivity index (χ1) is 8.97. The number of carbonyl (C=O) groups is 1. The molecule has 1 aromatic rings. The lowest BCUT2D eigenvalue weighted by atomic mass is 10.0. The summed E-state index contributed by atoms with van der Waals surface area (Å²) in [6, 6.07) is 6.31. The van der Waals surface area contributed by atoms with Crippen LogP contribution in [0.2, 0.25) is 0 Å². The van der Waals surface area contributed by atoms with E-state index in [0.717, 1.165) is 24.8 Å². The lowest BCUT2D eigenvalue weighted by Gasteiger charge is -2.20. The van der Waals surface area contributed by atoms with Crippen LogP contribution in [0, 0.1) is 19.8 Å². The predicted octanol–water partition coefficient (Wildman–Crippen LogP) is 2.64. The minimum Gasteiger partial charge on any atom is -0.392 e. The molecule has 3 heteroatoms. The number of amides is 1. The van der Waals surface area contributed by atoms with Crippen molar-refractivity contribution in [2.24, 2.45) is 5.92 Å². The molecule has 2 N–H and O–H groups in total. The molecule has 1 fully saturated rings. The van der Waals surface area contributed by atoms with E-state index < -0.39 is 6.10 Å². The topological polar surface area (TPSA) is 49.3 Å². The van der Waals surface area contributed by atoms with Gasteiger partial charge >= 0.3 is 0 Å². The summed E-state index contributed by atoms with van der Waals surface area (Å²) in [6.07, 6.45) is 2.02. The molecule has 19 heavy (non-hydrogen) atoms. The van der Waals surface area contributed by atoms with Crippen molar-refractivity contribution >= 4 is 5.91 Å². The van der Waals surface area contributed by atoms with Gasteiger partial charge in [0.15, 0.2) is 0 Å². The molecule has 104 valence electrons. The maximum atomic E-state index is 12.1. The van der Waals surface area contributed by atoms with Crippen molar-refractivity contribution < 1.29 is 9.90 Å². The molecule has 0 aromatic heterocycles. The highest BCUT2D eigenvalue weighted by molar-refractivity contribution is 5.80. The van der Waals surface area contributed by atoms with Gasteiger partial charge < -0.3 is 10.4 Å². The number of carbonyl (C=O) groups excluding carboxylic acids is 1. The van der Waals surface area contributed by atoms with Gasteiger partial charge in [0.1, 0.15) is 0 Å². The maximum absolute atomic E-state index is 12.1. The second-order valence-corrected chi connectivity index (χ2v) is 5.76. The van der Waals surface area contributed by atoms with Crippen LogP contribution in [0.15, 0.2) is 18.2 Å². The Morgan fingerprint density at radius 3 is 2.42 bits per heavy atom. The van der Waals surface area contributed by atoms with Crippen LogP contribution in [-0.4, -0.2) is 17.1 Å². The molecule has 0 saturated heterocycles. The lowest BCUT2D eigenvalue weighted by molar-refractivity contribution is -0.128. The molecule has 1 saturated carbocycles. The molecule has 3 nitrogen and oxygen atoms in total. The van der Waals surface area contributed by atoms with Crippen LogP contribution in [0.4, 0.5) is 0 Å². The predicted molar refractivity (Wildman–Crippen MR) is 75.8 cm³/mol. The van der Waals surface area contributed by atoms with Crippen LogP contribution in [0.3, 0.4) is 0 Å². The fraction of sp³-hybridized carbons (Fsp3) is 0.562. The molecular formula is C16H23NO2. The third kappa shape index (κ3) is 3.35. The second-order valence-electron chi connectivity index (χ2n) is 5.76. The molecule has 3 unspecified atom stereocenters. The number of aliphatic hydroxyl groups excluding tert-OH is 1. The zero-order chi connectivity index (χ0) is 14.0. The molecule has 3 atom stereocenters. The van der Waals surface area contributed by atoms with E-state index >= 15 is 0 Å². The van der Waals surface area contributed by atoms with Crippen LogP contribution in [0.5, 0.6) is 0 Å². The number of hydrogen-bond donors (Lipinski definition) is 2. The third-order valence-electron chi connectivity index (χ3n) is 3.92. The van der Waals surface area contributed by atoms with Crippen LogP contribution < -0.4 is 5.32 Å². The van der Waals surface area contributed by atoms with Gasteiger partial charge in [-0.2, -0.15) is 0 Å². The monoisotopic (exact) mass is 261 g/mol. The summed E-state index contributed by atoms with van der Waals surface area (Å²) < 4.78 is 0. The zero-order valence-corrected chi connectivity index (χ0v) is 11.9. The molecular weight excluding hydrogens is 238 g/mol. The summed E-state index contributed by atoms with van der Waals surface area (Å²) in [5.41, 5.74) is 3.53. The quantitative estimate of drug-likeness (QED) is 0.878. The smallest absolute Gasteiger partial charge is 0.226 e. The lowest BCUT2D eigenvalue weighted by Crippen LogP contribution is -2.36. The minimum absolute atomic E-state index is 0.0149. The molecule has 1 aromatic carbocycles. The summed E-state index contributed by atoms with van der Waals surface area (Å²) in [7, 11) is 0. The SMILES string of the molecule is Cc1cc(C)cc(C(C)NC(=O)C2CCCC2O)c1. The highest BCUT2D eigenvalue weighted by Crippen LogP contribution is 2.26. The molecule has 1 aliphatic carbocycles. The normalized spacial score (nSPS) is 24.2. The summed E-state index contributed by atoms with van der Waals surface area (Å²) >= 11 is 0. The number of hydrogen-bond acceptors (Lipinski definition) is 2. The fourth-order valence-corrected chi connectivity index (χ4v) is 2.91. The average molecular weight is 261 g/mol. The van der Waals surface area contributed by atoms with Crippen molar-refractivity contribution in [3.8, 4) is 0 Å². The van der Waals surface area contributed by atoms with Gasteiger partial charge in [-0.25, -0.2) is 0 Å². The third-order valence-corrected chi connectivity index (χ3v) is 3.92. The van der Waals surface area contributed by atoms with E-state index in [1.54, 1.807) is 0 Å². The Bertz CT molecular complexity index is 450. The summed E-state index contributed by atoms with van der Waals surface area (Å²) in [5, 5.41) is 12.8. The van der Waals surface area contributed by atoms with E-state index in [1.165, 1.54) is 11.1 Å². The molecule has 0 aliphatic heterocycles. The largest absolute Gasteiger partial charge is 0.392 e. The van der Waals surface area contributed by atoms with Crippen molar-refractivity contribution in [2.75, 3.05) is 0 Å². The maximum Gasteiger partial charge on any atom is 0.226 e. The number of aliphatic hydroxyl groups is 1. The highest BCUT2D eigenvalue weighted by Gasteiger charge is 2.32. The van der Waals surface area contributed by atoms with Gasteiger partial charge in [-0.3, -0.25) is 4.79 Å². The van der Waals surface area contributed by atoms with Crippen molar-refractivity contribution in [3.63, 3.8) is 0 Å². The van der Waals surface area contributed by atoms with Gasteiger partial charge in [-0.05, 0) is 45.6 Å². The van der Waals surface area contributed by atoms with Gasteiger partial charge in [-0.15, -0.1) is 0 Å². The minimum atomic E-state index is -0.466. The van der Waals surface area contributed by atoms with Crippen molar-refractivity contribution in [1.29, 1.82) is 0 Å². The Morgan fingerprint density at radius 2 is 1.89 bits per heavy atom. The van der Waals surface area contributed by atoms with Crippen molar-refractivity contribution in [3.05, 3.63) is 34.9 Å². The number of benzene rings is 1. The first-order valence-corrected chi connectivity index (χ1v) is 7.04. The van der Waals surface area contributed by atoms with E-state index in [2.05, 4.69) is 37.4 Å². The standard InChI is InChI=1S/C16H23NO2/c1-10-7-11(2)9-13(8-10)12(3)17-16(19)14-5-4-6-15(14)18/h7-9,12,14-15,18H,4-6H2,1-3H3,(H,17,19). The van der Waals surface area contributed by atoms with Crippen molar-refractivity contribution in [2.45, 2.75) is 52.2 Å². The van der Waals surface area contributed by atoms with Crippen LogP contribution in [-0.2, 0) is 4.79 Å². The van der Waals surface area contributed by atoms with E-state index in [4.69, 9.17) is 0 Å². The Morgan fingerprint density at radius 1 is 1.26 bits per heavy atom. The Labute approximate surface area is 115 Å². The van der Waals surface area contributed by atoms with E-state index in [0.29, 0.717) is 0 Å². The molecule has 0 radical (unpaired) electrons. The van der Waals surface area contributed by atoms with Gasteiger partial charge in [0.05, 0.1) is 18.1 Å². The number of rotatable bonds is 3. The van der Waals surface area contributed by atoms with Crippen molar-refractivity contribution in [1.82, 2.24) is 5.32 Å². The Kier molecular flexibility index (Phi) is 4.25. The van der Waals surface area contributed by atoms with E-state index in [9.17, 15) is 9.90 Å². The van der Waals surface area contributed by atoms with Gasteiger partial charge in [0.25, 0.3) is 0 Å². The van der Waals surface area contributed by atoms with Crippen LogP contribution in [0.25, 0.3) is 0 Å². The molecule has 2 rings (SSSR count). The molecule has 0 bridgehead atoms. The Hall–Kier alpha value is -1.35.